The molecule has 0 saturated carbocycles. The number of carbonyl (C=O) groups excluding carboxylic acids is 2. The monoisotopic (exact) mass is 464 g/mol. The largest absolute Gasteiger partial charge is 0.480 e. The molecule has 0 saturated heterocycles. The number of rotatable bonds is 8. The molecule has 0 spiro atoms. The van der Waals surface area contributed by atoms with Crippen molar-refractivity contribution in [3.63, 3.8) is 0 Å². The van der Waals surface area contributed by atoms with Crippen LogP contribution in [-0.2, 0) is 25.7 Å². The van der Waals surface area contributed by atoms with Crippen LogP contribution in [0.2, 0.25) is 0 Å². The SMILES string of the molecule is CCOC(=O)CN(Cc1ccccc1)C1CSc2ccccc2N(CC(=O)O)C1=O.Cl. The van der Waals surface area contributed by atoms with Crippen LogP contribution in [0.15, 0.2) is 59.5 Å². The summed E-state index contributed by atoms with van der Waals surface area (Å²) in [6, 6.07) is 16.1. The van der Waals surface area contributed by atoms with Crippen LogP contribution < -0.4 is 4.90 Å². The number of fused-ring (bicyclic) bond motifs is 1. The third-order valence-electron chi connectivity index (χ3n) is 4.70. The van der Waals surface area contributed by atoms with Gasteiger partial charge in [-0.25, -0.2) is 0 Å². The Morgan fingerprint density at radius 2 is 1.84 bits per heavy atom. The van der Waals surface area contributed by atoms with Gasteiger partial charge in [0.15, 0.2) is 0 Å². The van der Waals surface area contributed by atoms with Gasteiger partial charge in [0, 0.05) is 17.2 Å². The summed E-state index contributed by atoms with van der Waals surface area (Å²) < 4.78 is 5.11. The Kier molecular flexibility index (Phi) is 9.36. The number of nitrogens with zero attached hydrogens (tertiary/aromatic N) is 2. The van der Waals surface area contributed by atoms with Crippen molar-refractivity contribution < 1.29 is 24.2 Å². The number of benzene rings is 2. The second-order valence-electron chi connectivity index (χ2n) is 6.81. The molecule has 166 valence electrons. The predicted molar refractivity (Wildman–Crippen MR) is 122 cm³/mol. The number of esters is 1. The summed E-state index contributed by atoms with van der Waals surface area (Å²) in [7, 11) is 0. The van der Waals surface area contributed by atoms with Crippen molar-refractivity contribution in [3.8, 4) is 0 Å². The van der Waals surface area contributed by atoms with Gasteiger partial charge in [0.25, 0.3) is 0 Å². The van der Waals surface area contributed by atoms with Crippen LogP contribution in [0.3, 0.4) is 0 Å². The van der Waals surface area contributed by atoms with E-state index in [-0.39, 0.29) is 31.5 Å². The van der Waals surface area contributed by atoms with Gasteiger partial charge in [0.05, 0.1) is 24.9 Å². The summed E-state index contributed by atoms with van der Waals surface area (Å²) in [6.45, 7) is 1.86. The van der Waals surface area contributed by atoms with E-state index >= 15 is 0 Å². The lowest BCUT2D eigenvalue weighted by molar-refractivity contribution is -0.146. The van der Waals surface area contributed by atoms with Gasteiger partial charge >= 0.3 is 11.9 Å². The Balaban J connectivity index is 0.00000341. The topological polar surface area (TPSA) is 87.2 Å². The molecule has 2 aromatic carbocycles. The van der Waals surface area contributed by atoms with Gasteiger partial charge in [-0.05, 0) is 24.6 Å². The first kappa shape index (κ1) is 24.7. The number of amides is 1. The number of aliphatic carboxylic acids is 1. The minimum Gasteiger partial charge on any atom is -0.480 e. The van der Waals surface area contributed by atoms with Crippen LogP contribution in [0.4, 0.5) is 5.69 Å². The van der Waals surface area contributed by atoms with Crippen LogP contribution >= 0.6 is 24.2 Å². The predicted octanol–water partition coefficient (Wildman–Crippen LogP) is 3.07. The molecule has 9 heteroatoms. The molecule has 0 bridgehead atoms. The molecule has 1 N–H and O–H groups in total. The summed E-state index contributed by atoms with van der Waals surface area (Å²) in [5, 5.41) is 9.39. The summed E-state index contributed by atoms with van der Waals surface area (Å²) in [5.41, 5.74) is 1.53. The number of para-hydroxylation sites is 1. The van der Waals surface area contributed by atoms with Gasteiger partial charge in [-0.1, -0.05) is 42.5 Å². The lowest BCUT2D eigenvalue weighted by Gasteiger charge is -2.31. The standard InChI is InChI=1S/C22H24N2O5S.ClH/c1-2-29-21(27)14-23(12-16-8-4-3-5-9-16)18-15-30-19-11-7-6-10-17(19)24(22(18)28)13-20(25)26;/h3-11,18H,2,12-15H2,1H3,(H,25,26);1H. The van der Waals surface area contributed by atoms with Crippen molar-refractivity contribution in [2.45, 2.75) is 24.4 Å². The molecule has 1 atom stereocenters. The maximum absolute atomic E-state index is 13.5. The van der Waals surface area contributed by atoms with Gasteiger partial charge in [0.2, 0.25) is 5.91 Å². The average Bonchev–Trinajstić information content (AvgIpc) is 2.85. The molecule has 1 amide bonds. The van der Waals surface area contributed by atoms with E-state index in [0.29, 0.717) is 18.0 Å². The maximum Gasteiger partial charge on any atom is 0.323 e. The second kappa shape index (κ2) is 11.7. The number of hydrogen-bond acceptors (Lipinski definition) is 6. The highest BCUT2D eigenvalue weighted by Crippen LogP contribution is 2.35. The van der Waals surface area contributed by atoms with Crippen molar-refractivity contribution in [3.05, 3.63) is 60.2 Å². The van der Waals surface area contributed by atoms with Crippen molar-refractivity contribution in [1.29, 1.82) is 0 Å². The lowest BCUT2D eigenvalue weighted by Crippen LogP contribution is -2.52. The molecule has 1 heterocycles. The number of ether oxygens (including phenoxy) is 1. The van der Waals surface area contributed by atoms with E-state index in [4.69, 9.17) is 4.74 Å². The Hall–Kier alpha value is -2.55. The zero-order chi connectivity index (χ0) is 21.5. The molecule has 0 aliphatic carbocycles. The van der Waals surface area contributed by atoms with E-state index in [9.17, 15) is 19.5 Å². The molecule has 2 aromatic rings. The van der Waals surface area contributed by atoms with Crippen LogP contribution in [0, 0.1) is 0 Å². The van der Waals surface area contributed by atoms with Crippen LogP contribution in [0.5, 0.6) is 0 Å². The zero-order valence-corrected chi connectivity index (χ0v) is 18.7. The molecular weight excluding hydrogens is 440 g/mol. The third kappa shape index (κ3) is 6.46. The maximum atomic E-state index is 13.5. The number of thioether (sulfide) groups is 1. The number of carboxylic acids is 1. The fourth-order valence-electron chi connectivity index (χ4n) is 3.37. The third-order valence-corrected chi connectivity index (χ3v) is 5.84. The Bertz CT molecular complexity index is 912. The van der Waals surface area contributed by atoms with Crippen LogP contribution in [-0.4, -0.2) is 59.3 Å². The minimum atomic E-state index is -1.09. The van der Waals surface area contributed by atoms with Gasteiger partial charge in [0.1, 0.15) is 6.54 Å². The van der Waals surface area contributed by atoms with E-state index in [0.717, 1.165) is 10.5 Å². The lowest BCUT2D eigenvalue weighted by atomic mass is 10.1. The summed E-state index contributed by atoms with van der Waals surface area (Å²) in [4.78, 5) is 41.1. The second-order valence-corrected chi connectivity index (χ2v) is 7.87. The van der Waals surface area contributed by atoms with Gasteiger partial charge < -0.3 is 9.84 Å². The van der Waals surface area contributed by atoms with E-state index < -0.39 is 24.5 Å². The number of carboxylic acid groups (broad SMARTS) is 1. The molecule has 1 aliphatic heterocycles. The number of carbonyl (C=O) groups is 3. The van der Waals surface area contributed by atoms with Crippen LogP contribution in [0.25, 0.3) is 0 Å². The number of hydrogen-bond donors (Lipinski definition) is 1. The highest BCUT2D eigenvalue weighted by Gasteiger charge is 2.36. The van der Waals surface area contributed by atoms with Crippen molar-refractivity contribution >= 4 is 47.7 Å². The van der Waals surface area contributed by atoms with E-state index in [1.54, 1.807) is 24.0 Å². The first-order valence-corrected chi connectivity index (χ1v) is 10.7. The Morgan fingerprint density at radius 3 is 2.52 bits per heavy atom. The molecule has 1 aliphatic rings. The average molecular weight is 465 g/mol. The molecule has 0 radical (unpaired) electrons. The Morgan fingerprint density at radius 1 is 1.16 bits per heavy atom. The zero-order valence-electron chi connectivity index (χ0n) is 17.1. The first-order valence-electron chi connectivity index (χ1n) is 9.68. The summed E-state index contributed by atoms with van der Waals surface area (Å²) >= 11 is 1.48. The van der Waals surface area contributed by atoms with E-state index in [1.165, 1.54) is 16.7 Å². The summed E-state index contributed by atoms with van der Waals surface area (Å²) in [5.74, 6) is -1.45. The van der Waals surface area contributed by atoms with Gasteiger partial charge in [-0.3, -0.25) is 24.2 Å². The first-order chi connectivity index (χ1) is 14.5. The van der Waals surface area contributed by atoms with E-state index in [2.05, 4.69) is 0 Å². The normalized spacial score (nSPS) is 15.6. The highest BCUT2D eigenvalue weighted by molar-refractivity contribution is 7.99. The number of anilines is 1. The van der Waals surface area contributed by atoms with E-state index in [1.807, 2.05) is 42.5 Å². The van der Waals surface area contributed by atoms with Crippen LogP contribution in [0.1, 0.15) is 12.5 Å². The van der Waals surface area contributed by atoms with Crippen molar-refractivity contribution in [2.75, 3.05) is 30.3 Å². The van der Waals surface area contributed by atoms with Crippen molar-refractivity contribution in [2.24, 2.45) is 0 Å². The summed E-state index contributed by atoms with van der Waals surface area (Å²) in [6.07, 6.45) is 0. The highest BCUT2D eigenvalue weighted by atomic mass is 35.5. The molecule has 7 nitrogen and oxygen atoms in total. The fraction of sp³-hybridized carbons (Fsp3) is 0.318. The molecular formula is C22H25ClN2O5S. The fourth-order valence-corrected chi connectivity index (χ4v) is 4.56. The smallest absolute Gasteiger partial charge is 0.323 e. The molecule has 0 aromatic heterocycles. The molecule has 3 rings (SSSR count). The quantitative estimate of drug-likeness (QED) is 0.600. The van der Waals surface area contributed by atoms with Crippen molar-refractivity contribution in [1.82, 2.24) is 4.90 Å². The van der Waals surface area contributed by atoms with Gasteiger partial charge in [-0.2, -0.15) is 0 Å². The molecule has 0 fully saturated rings. The molecule has 31 heavy (non-hydrogen) atoms. The van der Waals surface area contributed by atoms with Gasteiger partial charge in [-0.15, -0.1) is 24.2 Å². The molecule has 1 unspecified atom stereocenters. The number of halogens is 1. The Labute approximate surface area is 191 Å². The minimum absolute atomic E-state index is 0.